The zero-order valence-corrected chi connectivity index (χ0v) is 26.7. The molecule has 2 aromatic heterocycles. The summed E-state index contributed by atoms with van der Waals surface area (Å²) in [5.41, 5.74) is 7.56. The summed E-state index contributed by atoms with van der Waals surface area (Å²) >= 11 is 0. The molecule has 8 rings (SSSR count). The fourth-order valence-electron chi connectivity index (χ4n) is 6.43. The van der Waals surface area contributed by atoms with Gasteiger partial charge in [0, 0.05) is 33.2 Å². The number of halogens is 3. The average molecular weight is 647 g/mol. The molecule has 7 heteroatoms. The Bertz CT molecular complexity index is 2380. The van der Waals surface area contributed by atoms with Crippen LogP contribution in [-0.4, -0.2) is 19.5 Å². The predicted molar refractivity (Wildman–Crippen MR) is 190 cm³/mol. The van der Waals surface area contributed by atoms with Gasteiger partial charge < -0.3 is 4.57 Å². The molecular formula is C42H29F3N4. The summed E-state index contributed by atoms with van der Waals surface area (Å²) in [6.07, 6.45) is -4.51. The lowest BCUT2D eigenvalue weighted by Gasteiger charge is -2.16. The van der Waals surface area contributed by atoms with Crippen LogP contribution in [0.25, 0.3) is 72.8 Å². The molecule has 2 heterocycles. The van der Waals surface area contributed by atoms with Crippen LogP contribution in [-0.2, 0) is 6.18 Å². The normalized spacial score (nSPS) is 11.8. The number of fused-ring (bicyclic) bond motifs is 3. The highest BCUT2D eigenvalue weighted by Gasteiger charge is 2.31. The maximum atomic E-state index is 14.1. The second kappa shape index (κ2) is 11.9. The lowest BCUT2D eigenvalue weighted by molar-refractivity contribution is -0.137. The second-order valence-corrected chi connectivity index (χ2v) is 12.2. The van der Waals surface area contributed by atoms with Gasteiger partial charge in [-0.25, -0.2) is 15.0 Å². The van der Waals surface area contributed by atoms with Crippen LogP contribution in [0.5, 0.6) is 0 Å². The van der Waals surface area contributed by atoms with E-state index < -0.39 is 11.7 Å². The van der Waals surface area contributed by atoms with E-state index >= 15 is 0 Å². The quantitative estimate of drug-likeness (QED) is 0.187. The van der Waals surface area contributed by atoms with E-state index in [1.54, 1.807) is 6.07 Å². The minimum atomic E-state index is -4.51. The summed E-state index contributed by atoms with van der Waals surface area (Å²) in [4.78, 5) is 14.6. The molecule has 0 amide bonds. The molecule has 0 fully saturated rings. The van der Waals surface area contributed by atoms with Gasteiger partial charge in [-0.15, -0.1) is 0 Å². The van der Waals surface area contributed by atoms with E-state index in [0.717, 1.165) is 55.8 Å². The Kier molecular flexibility index (Phi) is 7.33. The molecule has 0 aliphatic carbocycles. The first kappa shape index (κ1) is 30.3. The van der Waals surface area contributed by atoms with E-state index in [1.807, 2.05) is 78.9 Å². The standard InChI is InChI=1S/C42H29F3N4/c1-26-16-20-37-35(22-26)36-23-27(2)17-21-38(36)49(37)32-18-19-33(34(25-32)30-14-9-15-31(24-30)42(43,44)45)41-47-39(28-10-5-3-6-11-28)46-40(48-41)29-12-7-4-8-13-29/h3-25H,1-2H3. The van der Waals surface area contributed by atoms with E-state index in [1.165, 1.54) is 12.1 Å². The SMILES string of the molecule is Cc1ccc2c(c1)c1cc(C)ccc1n2-c1ccc(-c2nc(-c3ccccc3)nc(-c3ccccc3)n2)c(-c2cccc(C(F)(F)F)c2)c1. The molecule has 0 spiro atoms. The Balaban J connectivity index is 1.42. The van der Waals surface area contributed by atoms with E-state index in [-0.39, 0.29) is 0 Å². The summed E-state index contributed by atoms with van der Waals surface area (Å²) in [6, 6.07) is 43.2. The van der Waals surface area contributed by atoms with Crippen LogP contribution in [0.1, 0.15) is 16.7 Å². The maximum absolute atomic E-state index is 14.1. The van der Waals surface area contributed by atoms with Gasteiger partial charge in [0.15, 0.2) is 17.5 Å². The van der Waals surface area contributed by atoms with Crippen LogP contribution in [0.15, 0.2) is 140 Å². The summed E-state index contributed by atoms with van der Waals surface area (Å²) in [5, 5.41) is 2.22. The Morgan fingerprint density at radius 2 is 1.00 bits per heavy atom. The van der Waals surface area contributed by atoms with E-state index in [2.05, 4.69) is 54.8 Å². The van der Waals surface area contributed by atoms with Crippen LogP contribution in [0, 0.1) is 13.8 Å². The number of nitrogens with zero attached hydrogens (tertiary/aromatic N) is 4. The van der Waals surface area contributed by atoms with Crippen molar-refractivity contribution in [2.45, 2.75) is 20.0 Å². The smallest absolute Gasteiger partial charge is 0.309 e. The first-order valence-electron chi connectivity index (χ1n) is 15.9. The zero-order valence-electron chi connectivity index (χ0n) is 26.7. The molecule has 0 aliphatic rings. The molecule has 0 saturated heterocycles. The Morgan fingerprint density at radius 3 is 1.55 bits per heavy atom. The number of hydrogen-bond donors (Lipinski definition) is 0. The molecule has 0 bridgehead atoms. The molecule has 49 heavy (non-hydrogen) atoms. The molecule has 6 aromatic carbocycles. The number of rotatable bonds is 5. The molecule has 4 nitrogen and oxygen atoms in total. The third kappa shape index (κ3) is 5.63. The van der Waals surface area contributed by atoms with Crippen LogP contribution < -0.4 is 0 Å². The van der Waals surface area contributed by atoms with Gasteiger partial charge in [-0.1, -0.05) is 96.1 Å². The van der Waals surface area contributed by atoms with Gasteiger partial charge in [0.1, 0.15) is 0 Å². The van der Waals surface area contributed by atoms with Gasteiger partial charge in [-0.05, 0) is 79.6 Å². The van der Waals surface area contributed by atoms with Crippen molar-refractivity contribution in [1.29, 1.82) is 0 Å². The topological polar surface area (TPSA) is 43.6 Å². The molecule has 0 unspecified atom stereocenters. The van der Waals surface area contributed by atoms with Gasteiger partial charge in [0.05, 0.1) is 16.6 Å². The third-order valence-electron chi connectivity index (χ3n) is 8.78. The van der Waals surface area contributed by atoms with Crippen LogP contribution >= 0.6 is 0 Å². The fourth-order valence-corrected chi connectivity index (χ4v) is 6.43. The summed E-state index contributed by atoms with van der Waals surface area (Å²) < 4.78 is 44.4. The van der Waals surface area contributed by atoms with Crippen LogP contribution in [0.4, 0.5) is 13.2 Å². The highest BCUT2D eigenvalue weighted by atomic mass is 19.4. The van der Waals surface area contributed by atoms with Gasteiger partial charge >= 0.3 is 6.18 Å². The molecule has 0 aliphatic heterocycles. The zero-order chi connectivity index (χ0) is 33.7. The lowest BCUT2D eigenvalue weighted by atomic mass is 9.96. The molecule has 0 saturated carbocycles. The summed E-state index contributed by atoms with van der Waals surface area (Å²) in [5.74, 6) is 1.30. The van der Waals surface area contributed by atoms with E-state index in [4.69, 9.17) is 15.0 Å². The molecule has 0 atom stereocenters. The van der Waals surface area contributed by atoms with Crippen molar-refractivity contribution in [1.82, 2.24) is 19.5 Å². The predicted octanol–water partition coefficient (Wildman–Crippen LogP) is 11.3. The fraction of sp³-hybridized carbons (Fsp3) is 0.0714. The molecule has 0 radical (unpaired) electrons. The second-order valence-electron chi connectivity index (χ2n) is 12.2. The molecular weight excluding hydrogens is 617 g/mol. The Labute approximate surface area is 281 Å². The minimum Gasteiger partial charge on any atom is -0.309 e. The maximum Gasteiger partial charge on any atom is 0.416 e. The highest BCUT2D eigenvalue weighted by Crippen LogP contribution is 2.40. The monoisotopic (exact) mass is 646 g/mol. The third-order valence-corrected chi connectivity index (χ3v) is 8.78. The van der Waals surface area contributed by atoms with Crippen molar-refractivity contribution in [3.05, 3.63) is 156 Å². The van der Waals surface area contributed by atoms with Crippen LogP contribution in [0.3, 0.4) is 0 Å². The number of aromatic nitrogens is 4. The first-order valence-corrected chi connectivity index (χ1v) is 15.9. The summed E-state index contributed by atoms with van der Waals surface area (Å²) in [6.45, 7) is 4.14. The van der Waals surface area contributed by atoms with Crippen molar-refractivity contribution in [3.63, 3.8) is 0 Å². The average Bonchev–Trinajstić information content (AvgIpc) is 3.44. The number of benzene rings is 6. The Morgan fingerprint density at radius 1 is 0.469 bits per heavy atom. The van der Waals surface area contributed by atoms with Crippen molar-refractivity contribution in [2.75, 3.05) is 0 Å². The lowest BCUT2D eigenvalue weighted by Crippen LogP contribution is -2.05. The molecule has 8 aromatic rings. The van der Waals surface area contributed by atoms with Crippen molar-refractivity contribution in [2.24, 2.45) is 0 Å². The highest BCUT2D eigenvalue weighted by molar-refractivity contribution is 6.10. The van der Waals surface area contributed by atoms with E-state index in [9.17, 15) is 13.2 Å². The first-order chi connectivity index (χ1) is 23.7. The molecule has 0 N–H and O–H groups in total. The van der Waals surface area contributed by atoms with Crippen molar-refractivity contribution >= 4 is 21.8 Å². The number of alkyl halides is 3. The summed E-state index contributed by atoms with van der Waals surface area (Å²) in [7, 11) is 0. The number of aryl methyl sites for hydroxylation is 2. The van der Waals surface area contributed by atoms with Crippen LogP contribution in [0.2, 0.25) is 0 Å². The van der Waals surface area contributed by atoms with Gasteiger partial charge in [-0.3, -0.25) is 0 Å². The van der Waals surface area contributed by atoms with Gasteiger partial charge in [0.2, 0.25) is 0 Å². The van der Waals surface area contributed by atoms with Crippen molar-refractivity contribution in [3.8, 4) is 51.0 Å². The van der Waals surface area contributed by atoms with Gasteiger partial charge in [-0.2, -0.15) is 13.2 Å². The van der Waals surface area contributed by atoms with Gasteiger partial charge in [0.25, 0.3) is 0 Å². The largest absolute Gasteiger partial charge is 0.416 e. The number of hydrogen-bond acceptors (Lipinski definition) is 3. The van der Waals surface area contributed by atoms with E-state index in [0.29, 0.717) is 34.2 Å². The molecule has 238 valence electrons. The minimum absolute atomic E-state index is 0.361. The Hall–Kier alpha value is -6.08. The van der Waals surface area contributed by atoms with Crippen molar-refractivity contribution < 1.29 is 13.2 Å².